The van der Waals surface area contributed by atoms with Crippen LogP contribution in [0.3, 0.4) is 0 Å². The molecule has 7 heteroatoms. The molecule has 0 aliphatic carbocycles. The number of amides is 1. The van der Waals surface area contributed by atoms with Crippen molar-refractivity contribution < 1.29 is 14.3 Å². The van der Waals surface area contributed by atoms with Crippen LogP contribution in [-0.4, -0.2) is 39.2 Å². The summed E-state index contributed by atoms with van der Waals surface area (Å²) in [4.78, 5) is 18.6. The molecule has 23 heavy (non-hydrogen) atoms. The van der Waals surface area contributed by atoms with Crippen molar-refractivity contribution in [1.82, 2.24) is 4.98 Å². The Kier molecular flexibility index (Phi) is 5.44. The number of halogens is 1. The molecule has 122 valence electrons. The van der Waals surface area contributed by atoms with Gasteiger partial charge in [0.15, 0.2) is 5.82 Å². The average molecular weight is 380 g/mol. The Morgan fingerprint density at radius 3 is 2.35 bits per heavy atom. The van der Waals surface area contributed by atoms with Crippen molar-refractivity contribution in [2.24, 2.45) is 0 Å². The summed E-state index contributed by atoms with van der Waals surface area (Å²) in [6.07, 6.45) is 1.68. The highest BCUT2D eigenvalue weighted by molar-refractivity contribution is 9.10. The van der Waals surface area contributed by atoms with E-state index in [2.05, 4.69) is 26.2 Å². The second-order valence-corrected chi connectivity index (χ2v) is 5.71. The molecule has 0 atom stereocenters. The van der Waals surface area contributed by atoms with Gasteiger partial charge in [-0.3, -0.25) is 4.79 Å². The number of hydrogen-bond donors (Lipinski definition) is 1. The van der Waals surface area contributed by atoms with Crippen molar-refractivity contribution in [2.45, 2.75) is 0 Å². The van der Waals surface area contributed by atoms with Crippen molar-refractivity contribution in [3.63, 3.8) is 0 Å². The van der Waals surface area contributed by atoms with Crippen molar-refractivity contribution >= 4 is 33.3 Å². The van der Waals surface area contributed by atoms with Gasteiger partial charge >= 0.3 is 0 Å². The van der Waals surface area contributed by atoms with Crippen LogP contribution in [0.1, 0.15) is 10.4 Å². The Balaban J connectivity index is 2.35. The van der Waals surface area contributed by atoms with Crippen molar-refractivity contribution in [1.29, 1.82) is 0 Å². The number of methoxy groups -OCH3 is 2. The van der Waals surface area contributed by atoms with Gasteiger partial charge in [0.2, 0.25) is 0 Å². The van der Waals surface area contributed by atoms with E-state index in [4.69, 9.17) is 9.47 Å². The minimum atomic E-state index is -0.273. The van der Waals surface area contributed by atoms with E-state index in [0.717, 1.165) is 0 Å². The molecule has 0 radical (unpaired) electrons. The molecule has 1 N–H and O–H groups in total. The van der Waals surface area contributed by atoms with E-state index in [-0.39, 0.29) is 5.91 Å². The second kappa shape index (κ2) is 7.32. The van der Waals surface area contributed by atoms with Crippen molar-refractivity contribution in [3.05, 3.63) is 40.5 Å². The fourth-order valence-corrected chi connectivity index (χ4v) is 2.60. The molecule has 1 amide bonds. The molecule has 0 spiro atoms. The average Bonchev–Trinajstić information content (AvgIpc) is 2.55. The van der Waals surface area contributed by atoms with E-state index >= 15 is 0 Å². The maximum atomic E-state index is 12.6. The van der Waals surface area contributed by atoms with E-state index in [1.807, 2.05) is 19.0 Å². The quantitative estimate of drug-likeness (QED) is 0.863. The molecule has 1 heterocycles. The lowest BCUT2D eigenvalue weighted by atomic mass is 10.2. The van der Waals surface area contributed by atoms with Crippen molar-refractivity contribution in [3.8, 4) is 11.5 Å². The molecule has 2 rings (SSSR count). The Labute approximate surface area is 143 Å². The fraction of sp³-hybridized carbons (Fsp3) is 0.250. The molecule has 0 fully saturated rings. The van der Waals surface area contributed by atoms with Crippen LogP contribution in [0, 0.1) is 0 Å². The SMILES string of the molecule is COc1cc(C(=O)Nc2cccnc2N(C)C)cc(OC)c1Br. The Morgan fingerprint density at radius 2 is 1.83 bits per heavy atom. The van der Waals surface area contributed by atoms with Crippen LogP contribution in [0.25, 0.3) is 0 Å². The summed E-state index contributed by atoms with van der Waals surface area (Å²) in [5, 5.41) is 2.86. The van der Waals surface area contributed by atoms with Crippen LogP contribution in [-0.2, 0) is 0 Å². The third kappa shape index (κ3) is 3.73. The zero-order valence-electron chi connectivity index (χ0n) is 13.4. The number of anilines is 2. The second-order valence-electron chi connectivity index (χ2n) is 4.92. The Morgan fingerprint density at radius 1 is 1.22 bits per heavy atom. The van der Waals surface area contributed by atoms with E-state index in [0.29, 0.717) is 33.0 Å². The van der Waals surface area contributed by atoms with Crippen LogP contribution in [0.15, 0.2) is 34.9 Å². The summed E-state index contributed by atoms with van der Waals surface area (Å²) in [6, 6.07) is 6.86. The molecule has 6 nitrogen and oxygen atoms in total. The number of ether oxygens (including phenoxy) is 2. The first-order chi connectivity index (χ1) is 11.0. The van der Waals surface area contributed by atoms with Crippen LogP contribution in [0.4, 0.5) is 11.5 Å². The van der Waals surface area contributed by atoms with Crippen molar-refractivity contribution in [2.75, 3.05) is 38.5 Å². The summed E-state index contributed by atoms with van der Waals surface area (Å²) < 4.78 is 11.2. The standard InChI is InChI=1S/C16H18BrN3O3/c1-20(2)15-11(6-5-7-18-15)19-16(21)10-8-12(22-3)14(17)13(9-10)23-4/h5-9H,1-4H3,(H,19,21). The molecule has 0 bridgehead atoms. The van der Waals surface area contributed by atoms with Gasteiger partial charge in [0.1, 0.15) is 16.0 Å². The zero-order chi connectivity index (χ0) is 17.0. The van der Waals surface area contributed by atoms with Gasteiger partial charge in [0.25, 0.3) is 5.91 Å². The van der Waals surface area contributed by atoms with Gasteiger partial charge in [-0.1, -0.05) is 0 Å². The molecule has 0 unspecified atom stereocenters. The highest BCUT2D eigenvalue weighted by Crippen LogP contribution is 2.36. The number of nitrogens with one attached hydrogen (secondary N) is 1. The van der Waals surface area contributed by atoms with E-state index in [1.165, 1.54) is 14.2 Å². The maximum absolute atomic E-state index is 12.6. The lowest BCUT2D eigenvalue weighted by Crippen LogP contribution is -2.18. The van der Waals surface area contributed by atoms with E-state index in [9.17, 15) is 4.79 Å². The molecule has 1 aromatic carbocycles. The number of rotatable bonds is 5. The normalized spacial score (nSPS) is 10.1. The number of hydrogen-bond acceptors (Lipinski definition) is 5. The zero-order valence-corrected chi connectivity index (χ0v) is 15.0. The third-order valence-electron chi connectivity index (χ3n) is 3.17. The molecular formula is C16H18BrN3O3. The van der Waals surface area contributed by atoms with Crippen LogP contribution < -0.4 is 19.7 Å². The van der Waals surface area contributed by atoms with Gasteiger partial charge in [-0.25, -0.2) is 4.98 Å². The topological polar surface area (TPSA) is 63.7 Å². The predicted octanol–water partition coefficient (Wildman–Crippen LogP) is 3.18. The monoisotopic (exact) mass is 379 g/mol. The van der Waals surface area contributed by atoms with Crippen LogP contribution >= 0.6 is 15.9 Å². The third-order valence-corrected chi connectivity index (χ3v) is 3.95. The molecule has 0 aliphatic heterocycles. The number of pyridine rings is 1. The summed E-state index contributed by atoms with van der Waals surface area (Å²) >= 11 is 3.38. The largest absolute Gasteiger partial charge is 0.495 e. The minimum absolute atomic E-state index is 0.273. The first kappa shape index (κ1) is 17.1. The molecular weight excluding hydrogens is 362 g/mol. The molecule has 2 aromatic rings. The summed E-state index contributed by atoms with van der Waals surface area (Å²) in [5.41, 5.74) is 1.05. The summed E-state index contributed by atoms with van der Waals surface area (Å²) in [7, 11) is 6.80. The van der Waals surface area contributed by atoms with Gasteiger partial charge < -0.3 is 19.7 Å². The molecule has 0 saturated heterocycles. The smallest absolute Gasteiger partial charge is 0.256 e. The molecule has 1 aromatic heterocycles. The highest BCUT2D eigenvalue weighted by atomic mass is 79.9. The van der Waals surface area contributed by atoms with E-state index < -0.39 is 0 Å². The Bertz CT molecular complexity index is 694. The summed E-state index contributed by atoms with van der Waals surface area (Å²) in [5.74, 6) is 1.45. The van der Waals surface area contributed by atoms with Gasteiger partial charge in [0, 0.05) is 25.9 Å². The number of benzene rings is 1. The van der Waals surface area contributed by atoms with Crippen LogP contribution in [0.5, 0.6) is 11.5 Å². The van der Waals surface area contributed by atoms with Gasteiger partial charge in [-0.2, -0.15) is 0 Å². The first-order valence-electron chi connectivity index (χ1n) is 6.83. The maximum Gasteiger partial charge on any atom is 0.256 e. The minimum Gasteiger partial charge on any atom is -0.495 e. The summed E-state index contributed by atoms with van der Waals surface area (Å²) in [6.45, 7) is 0. The van der Waals surface area contributed by atoms with Gasteiger partial charge in [-0.05, 0) is 40.2 Å². The van der Waals surface area contributed by atoms with Gasteiger partial charge in [-0.15, -0.1) is 0 Å². The molecule has 0 saturated carbocycles. The first-order valence-corrected chi connectivity index (χ1v) is 7.62. The number of carbonyl (C=O) groups excluding carboxylic acids is 1. The lowest BCUT2D eigenvalue weighted by molar-refractivity contribution is 0.102. The number of aromatic nitrogens is 1. The number of carbonyl (C=O) groups is 1. The van der Waals surface area contributed by atoms with Gasteiger partial charge in [0.05, 0.1) is 19.9 Å². The van der Waals surface area contributed by atoms with Crippen LogP contribution in [0.2, 0.25) is 0 Å². The Hall–Kier alpha value is -2.28. The highest BCUT2D eigenvalue weighted by Gasteiger charge is 2.16. The fourth-order valence-electron chi connectivity index (χ4n) is 2.05. The lowest BCUT2D eigenvalue weighted by Gasteiger charge is -2.17. The molecule has 0 aliphatic rings. The predicted molar refractivity (Wildman–Crippen MR) is 93.8 cm³/mol. The van der Waals surface area contributed by atoms with E-state index in [1.54, 1.807) is 30.5 Å². The number of nitrogens with zero attached hydrogens (tertiary/aromatic N) is 2.